The molecule has 0 fully saturated rings. The van der Waals surface area contributed by atoms with Crippen LogP contribution in [0.25, 0.3) is 10.9 Å². The Morgan fingerprint density at radius 2 is 2.29 bits per heavy atom. The average Bonchev–Trinajstić information content (AvgIpc) is 2.59. The smallest absolute Gasteiger partial charge is 0.178 e. The summed E-state index contributed by atoms with van der Waals surface area (Å²) in [6.07, 6.45) is 1.72. The second kappa shape index (κ2) is 3.70. The minimum atomic E-state index is -0.0301. The molecule has 0 radical (unpaired) electrons. The molecule has 0 aliphatic carbocycles. The van der Waals surface area contributed by atoms with E-state index in [9.17, 15) is 4.79 Å². The molecule has 0 bridgehead atoms. The lowest BCUT2D eigenvalue weighted by molar-refractivity contribution is 0.100. The number of fused-ring (bicyclic) bond motifs is 1. The monoisotopic (exact) mass is 300 g/mol. The molecular formula is C10H9IN2O. The number of carbonyl (C=O) groups excluding carboxylic acids is 1. The van der Waals surface area contributed by atoms with E-state index in [2.05, 4.69) is 27.6 Å². The van der Waals surface area contributed by atoms with Gasteiger partial charge >= 0.3 is 0 Å². The number of Topliss-reactive ketones (excluding diaryl/α,β-unsaturated/α-hetero) is 1. The van der Waals surface area contributed by atoms with Gasteiger partial charge in [0.15, 0.2) is 5.78 Å². The molecule has 0 atom stereocenters. The molecule has 4 heteroatoms. The summed E-state index contributed by atoms with van der Waals surface area (Å²) >= 11 is 2.23. The van der Waals surface area contributed by atoms with E-state index in [0.29, 0.717) is 5.56 Å². The fourth-order valence-electron chi connectivity index (χ4n) is 1.44. The van der Waals surface area contributed by atoms with Crippen molar-refractivity contribution in [1.29, 1.82) is 0 Å². The van der Waals surface area contributed by atoms with Crippen LogP contribution in [-0.2, 0) is 0 Å². The van der Waals surface area contributed by atoms with Crippen molar-refractivity contribution in [2.45, 2.75) is 0 Å². The van der Waals surface area contributed by atoms with Gasteiger partial charge in [0.1, 0.15) is 0 Å². The molecule has 3 nitrogen and oxygen atoms in total. The molecule has 14 heavy (non-hydrogen) atoms. The van der Waals surface area contributed by atoms with E-state index in [1.165, 1.54) is 0 Å². The molecule has 0 amide bonds. The molecule has 0 unspecified atom stereocenters. The van der Waals surface area contributed by atoms with Gasteiger partial charge in [-0.3, -0.25) is 4.79 Å². The van der Waals surface area contributed by atoms with E-state index in [1.54, 1.807) is 6.20 Å². The highest BCUT2D eigenvalue weighted by Gasteiger charge is 2.09. The molecule has 72 valence electrons. The first-order chi connectivity index (χ1) is 6.72. The number of hydrogen-bond donors (Lipinski definition) is 2. The third-order valence-electron chi connectivity index (χ3n) is 2.13. The third-order valence-corrected chi connectivity index (χ3v) is 2.80. The van der Waals surface area contributed by atoms with Gasteiger partial charge in [-0.1, -0.05) is 6.07 Å². The fraction of sp³-hybridized carbons (Fsp3) is 0.100. The Kier molecular flexibility index (Phi) is 2.56. The number of halogens is 1. The Hall–Kier alpha value is -0.880. The van der Waals surface area contributed by atoms with Gasteiger partial charge in [-0.2, -0.15) is 0 Å². The minimum Gasteiger partial charge on any atom is -0.360 e. The van der Waals surface area contributed by atoms with Gasteiger partial charge in [0, 0.05) is 26.2 Å². The zero-order valence-electron chi connectivity index (χ0n) is 7.38. The van der Waals surface area contributed by atoms with E-state index in [0.717, 1.165) is 14.5 Å². The van der Waals surface area contributed by atoms with Gasteiger partial charge in [-0.15, -0.1) is 0 Å². The van der Waals surface area contributed by atoms with E-state index >= 15 is 0 Å². The standard InChI is InChI=1S/C10H9IN2O/c11-6-1-2-7-8(10(14)4-12)5-13-9(7)3-6/h1-3,5,13H,4,12H2. The molecule has 1 heterocycles. The van der Waals surface area contributed by atoms with Gasteiger partial charge in [0.05, 0.1) is 6.54 Å². The molecule has 1 aromatic heterocycles. The summed E-state index contributed by atoms with van der Waals surface area (Å²) in [5, 5.41) is 0.945. The Morgan fingerprint density at radius 1 is 1.50 bits per heavy atom. The van der Waals surface area contributed by atoms with Crippen molar-refractivity contribution in [2.75, 3.05) is 6.54 Å². The Bertz CT molecular complexity index is 490. The van der Waals surface area contributed by atoms with E-state index in [-0.39, 0.29) is 12.3 Å². The van der Waals surface area contributed by atoms with Gasteiger partial charge in [0.2, 0.25) is 0 Å². The lowest BCUT2D eigenvalue weighted by Gasteiger charge is -1.95. The number of nitrogens with two attached hydrogens (primary N) is 1. The molecule has 3 N–H and O–H groups in total. The van der Waals surface area contributed by atoms with Gasteiger partial charge in [-0.25, -0.2) is 0 Å². The fourth-order valence-corrected chi connectivity index (χ4v) is 1.93. The zero-order valence-corrected chi connectivity index (χ0v) is 9.54. The van der Waals surface area contributed by atoms with Crippen LogP contribution in [0.2, 0.25) is 0 Å². The summed E-state index contributed by atoms with van der Waals surface area (Å²) in [4.78, 5) is 14.5. The Labute approximate surface area is 94.8 Å². The first-order valence-corrected chi connectivity index (χ1v) is 5.30. The maximum atomic E-state index is 11.4. The maximum Gasteiger partial charge on any atom is 0.178 e. The van der Waals surface area contributed by atoms with Crippen LogP contribution in [0.3, 0.4) is 0 Å². The van der Waals surface area contributed by atoms with Crippen LogP contribution in [0.1, 0.15) is 10.4 Å². The van der Waals surface area contributed by atoms with Crippen molar-refractivity contribution in [2.24, 2.45) is 5.73 Å². The average molecular weight is 300 g/mol. The van der Waals surface area contributed by atoms with E-state index in [4.69, 9.17) is 5.73 Å². The SMILES string of the molecule is NCC(=O)c1c[nH]c2cc(I)ccc12. The molecular weight excluding hydrogens is 291 g/mol. The number of H-pyrrole nitrogens is 1. The topological polar surface area (TPSA) is 58.9 Å². The highest BCUT2D eigenvalue weighted by atomic mass is 127. The van der Waals surface area contributed by atoms with Crippen LogP contribution in [0.15, 0.2) is 24.4 Å². The van der Waals surface area contributed by atoms with Crippen molar-refractivity contribution in [1.82, 2.24) is 4.98 Å². The lowest BCUT2D eigenvalue weighted by atomic mass is 10.1. The molecule has 0 saturated heterocycles. The number of aromatic amines is 1. The highest BCUT2D eigenvalue weighted by Crippen LogP contribution is 2.20. The van der Waals surface area contributed by atoms with Crippen LogP contribution in [0.4, 0.5) is 0 Å². The maximum absolute atomic E-state index is 11.4. The van der Waals surface area contributed by atoms with Crippen LogP contribution in [-0.4, -0.2) is 17.3 Å². The van der Waals surface area contributed by atoms with Crippen molar-refractivity contribution in [3.05, 3.63) is 33.5 Å². The Balaban J connectivity index is 2.64. The molecule has 0 saturated carbocycles. The van der Waals surface area contributed by atoms with Crippen molar-refractivity contribution >= 4 is 39.3 Å². The summed E-state index contributed by atoms with van der Waals surface area (Å²) in [6.45, 7) is 0.0545. The quantitative estimate of drug-likeness (QED) is 0.657. The number of carbonyl (C=O) groups is 1. The summed E-state index contributed by atoms with van der Waals surface area (Å²) < 4.78 is 1.14. The zero-order chi connectivity index (χ0) is 10.1. The third kappa shape index (κ3) is 1.55. The van der Waals surface area contributed by atoms with E-state index < -0.39 is 0 Å². The number of ketones is 1. The van der Waals surface area contributed by atoms with Crippen molar-refractivity contribution in [3.63, 3.8) is 0 Å². The van der Waals surface area contributed by atoms with Gasteiger partial charge in [0.25, 0.3) is 0 Å². The molecule has 2 rings (SSSR count). The number of rotatable bonds is 2. The molecule has 0 aliphatic heterocycles. The second-order valence-electron chi connectivity index (χ2n) is 3.02. The lowest BCUT2D eigenvalue weighted by Crippen LogP contribution is -2.12. The first-order valence-electron chi connectivity index (χ1n) is 4.22. The number of nitrogens with one attached hydrogen (secondary N) is 1. The van der Waals surface area contributed by atoms with Crippen LogP contribution < -0.4 is 5.73 Å². The first kappa shape index (κ1) is 9.67. The summed E-state index contributed by atoms with van der Waals surface area (Å²) in [5.74, 6) is -0.0301. The Morgan fingerprint density at radius 3 is 3.00 bits per heavy atom. The molecule has 2 aromatic rings. The van der Waals surface area contributed by atoms with E-state index in [1.807, 2.05) is 18.2 Å². The highest BCUT2D eigenvalue weighted by molar-refractivity contribution is 14.1. The van der Waals surface area contributed by atoms with Gasteiger partial charge < -0.3 is 10.7 Å². The predicted octanol–water partition coefficient (Wildman–Crippen LogP) is 1.91. The van der Waals surface area contributed by atoms with Crippen molar-refractivity contribution in [3.8, 4) is 0 Å². The molecule has 1 aromatic carbocycles. The number of aromatic nitrogens is 1. The second-order valence-corrected chi connectivity index (χ2v) is 4.27. The van der Waals surface area contributed by atoms with Crippen LogP contribution >= 0.6 is 22.6 Å². The minimum absolute atomic E-state index is 0.0301. The van der Waals surface area contributed by atoms with Gasteiger partial charge in [-0.05, 0) is 34.7 Å². The van der Waals surface area contributed by atoms with Crippen LogP contribution in [0.5, 0.6) is 0 Å². The van der Waals surface area contributed by atoms with Crippen molar-refractivity contribution < 1.29 is 4.79 Å². The summed E-state index contributed by atoms with van der Waals surface area (Å²) in [6, 6.07) is 5.92. The predicted molar refractivity (Wildman–Crippen MR) is 64.4 cm³/mol. The number of benzene rings is 1. The summed E-state index contributed by atoms with van der Waals surface area (Å²) in [5.41, 5.74) is 6.98. The normalized spacial score (nSPS) is 10.7. The molecule has 0 aliphatic rings. The largest absolute Gasteiger partial charge is 0.360 e. The summed E-state index contributed by atoms with van der Waals surface area (Å²) in [7, 11) is 0. The number of hydrogen-bond acceptors (Lipinski definition) is 2. The molecule has 0 spiro atoms. The van der Waals surface area contributed by atoms with Crippen LogP contribution in [0, 0.1) is 3.57 Å².